The predicted molar refractivity (Wildman–Crippen MR) is 123 cm³/mol. The van der Waals surface area contributed by atoms with Gasteiger partial charge in [0.2, 0.25) is 28.6 Å². The van der Waals surface area contributed by atoms with Crippen LogP contribution < -0.4 is 19.1 Å². The highest BCUT2D eigenvalue weighted by atomic mass is 79.9. The van der Waals surface area contributed by atoms with Gasteiger partial charge in [-0.1, -0.05) is 28.1 Å². The fourth-order valence-corrected chi connectivity index (χ4v) is 4.34. The van der Waals surface area contributed by atoms with E-state index in [2.05, 4.69) is 21.2 Å². The number of ether oxygens (including phenoxy) is 2. The SMILES string of the molecule is CNC(=O)[C@@H](C)N(Cc1ccc(Br)cc1)C(=O)CN(c1ccc2c(c1)OCO2)S(C)(=O)=O. The predicted octanol–water partition coefficient (Wildman–Crippen LogP) is 2.11. The summed E-state index contributed by atoms with van der Waals surface area (Å²) in [7, 11) is -2.33. The number of likely N-dealkylation sites (N-methyl/N-ethyl adjacent to an activating group) is 1. The summed E-state index contributed by atoms with van der Waals surface area (Å²) in [4.78, 5) is 27.0. The van der Waals surface area contributed by atoms with Gasteiger partial charge in [0.1, 0.15) is 12.6 Å². The maximum atomic E-state index is 13.3. The normalized spacial score (nSPS) is 13.4. The summed E-state index contributed by atoms with van der Waals surface area (Å²) in [5.74, 6) is 0.0178. The molecule has 1 atom stereocenters. The molecule has 1 N–H and O–H groups in total. The molecule has 1 aliphatic rings. The van der Waals surface area contributed by atoms with Crippen LogP contribution in [0.15, 0.2) is 46.9 Å². The number of carbonyl (C=O) groups excluding carboxylic acids is 2. The van der Waals surface area contributed by atoms with Crippen molar-refractivity contribution < 1.29 is 27.5 Å². The van der Waals surface area contributed by atoms with Gasteiger partial charge in [0, 0.05) is 24.1 Å². The maximum absolute atomic E-state index is 13.3. The number of amides is 2. The highest BCUT2D eigenvalue weighted by Gasteiger charge is 2.30. The number of hydrogen-bond acceptors (Lipinski definition) is 6. The molecule has 0 aromatic heterocycles. The largest absolute Gasteiger partial charge is 0.454 e. The Labute approximate surface area is 195 Å². The van der Waals surface area contributed by atoms with E-state index in [1.807, 2.05) is 24.3 Å². The summed E-state index contributed by atoms with van der Waals surface area (Å²) in [6.07, 6.45) is 1.02. The summed E-state index contributed by atoms with van der Waals surface area (Å²) in [6.45, 7) is 1.30. The summed E-state index contributed by atoms with van der Waals surface area (Å²) < 4.78 is 37.6. The Bertz CT molecular complexity index is 1110. The van der Waals surface area contributed by atoms with Gasteiger partial charge in [-0.2, -0.15) is 0 Å². The number of halogens is 1. The van der Waals surface area contributed by atoms with Crippen molar-refractivity contribution in [2.75, 3.05) is 30.9 Å². The van der Waals surface area contributed by atoms with Crippen molar-refractivity contribution in [1.82, 2.24) is 10.2 Å². The van der Waals surface area contributed by atoms with Crippen molar-refractivity contribution in [2.45, 2.75) is 19.5 Å². The molecule has 0 unspecified atom stereocenters. The minimum absolute atomic E-state index is 0.0429. The monoisotopic (exact) mass is 525 g/mol. The molecule has 0 saturated carbocycles. The number of hydrogen-bond donors (Lipinski definition) is 1. The highest BCUT2D eigenvalue weighted by molar-refractivity contribution is 9.10. The molecular formula is C21H24BrN3O6S. The number of anilines is 1. The van der Waals surface area contributed by atoms with Gasteiger partial charge in [0.25, 0.3) is 0 Å². The van der Waals surface area contributed by atoms with E-state index in [0.717, 1.165) is 20.6 Å². The molecule has 11 heteroatoms. The van der Waals surface area contributed by atoms with Gasteiger partial charge in [-0.3, -0.25) is 13.9 Å². The Morgan fingerprint density at radius 2 is 1.78 bits per heavy atom. The van der Waals surface area contributed by atoms with Crippen LogP contribution in [-0.2, 0) is 26.2 Å². The third-order valence-corrected chi connectivity index (χ3v) is 6.67. The molecule has 9 nitrogen and oxygen atoms in total. The van der Waals surface area contributed by atoms with E-state index in [4.69, 9.17) is 9.47 Å². The van der Waals surface area contributed by atoms with Gasteiger partial charge in [-0.25, -0.2) is 8.42 Å². The van der Waals surface area contributed by atoms with Crippen LogP contribution in [0.4, 0.5) is 5.69 Å². The van der Waals surface area contributed by atoms with Crippen molar-refractivity contribution >= 4 is 43.5 Å². The average Bonchev–Trinajstić information content (AvgIpc) is 3.23. The number of fused-ring (bicyclic) bond motifs is 1. The first-order valence-electron chi connectivity index (χ1n) is 9.73. The molecule has 32 heavy (non-hydrogen) atoms. The van der Waals surface area contributed by atoms with Crippen LogP contribution in [0.2, 0.25) is 0 Å². The second-order valence-corrected chi connectivity index (χ2v) is 10.1. The fourth-order valence-electron chi connectivity index (χ4n) is 3.23. The zero-order valence-corrected chi connectivity index (χ0v) is 20.3. The summed E-state index contributed by atoms with van der Waals surface area (Å²) >= 11 is 3.37. The van der Waals surface area contributed by atoms with E-state index in [9.17, 15) is 18.0 Å². The molecule has 2 aromatic carbocycles. The quantitative estimate of drug-likeness (QED) is 0.565. The lowest BCUT2D eigenvalue weighted by atomic mass is 10.1. The topological polar surface area (TPSA) is 105 Å². The van der Waals surface area contributed by atoms with E-state index in [1.165, 1.54) is 18.0 Å². The number of carbonyl (C=O) groups is 2. The first kappa shape index (κ1) is 23.9. The van der Waals surface area contributed by atoms with Gasteiger partial charge in [-0.05, 0) is 36.8 Å². The van der Waals surface area contributed by atoms with Crippen molar-refractivity contribution in [3.8, 4) is 11.5 Å². The summed E-state index contributed by atoms with van der Waals surface area (Å²) in [6, 6.07) is 11.2. The standard InChI is InChI=1S/C21H24BrN3O6S/c1-14(21(27)23-2)24(11-15-4-6-16(22)7-5-15)20(26)12-25(32(3,28)29)17-8-9-18-19(10-17)31-13-30-18/h4-10,14H,11-13H2,1-3H3,(H,23,27)/t14-/m1/s1. The van der Waals surface area contributed by atoms with Crippen LogP contribution in [0.1, 0.15) is 12.5 Å². The van der Waals surface area contributed by atoms with E-state index in [0.29, 0.717) is 11.5 Å². The minimum Gasteiger partial charge on any atom is -0.454 e. The number of rotatable bonds is 8. The molecule has 0 spiro atoms. The van der Waals surface area contributed by atoms with Crippen LogP contribution in [0.5, 0.6) is 11.5 Å². The molecule has 172 valence electrons. The van der Waals surface area contributed by atoms with E-state index in [1.54, 1.807) is 19.1 Å². The smallest absolute Gasteiger partial charge is 0.244 e. The number of nitrogens with zero attached hydrogens (tertiary/aromatic N) is 2. The lowest BCUT2D eigenvalue weighted by Gasteiger charge is -2.31. The Morgan fingerprint density at radius 1 is 1.12 bits per heavy atom. The fraction of sp³-hybridized carbons (Fsp3) is 0.333. The molecule has 1 aliphatic heterocycles. The second kappa shape index (κ2) is 9.78. The van der Waals surface area contributed by atoms with Gasteiger partial charge in [-0.15, -0.1) is 0 Å². The van der Waals surface area contributed by atoms with Gasteiger partial charge in [0.05, 0.1) is 11.9 Å². The lowest BCUT2D eigenvalue weighted by molar-refractivity contribution is -0.139. The Morgan fingerprint density at radius 3 is 2.41 bits per heavy atom. The lowest BCUT2D eigenvalue weighted by Crippen LogP contribution is -2.50. The van der Waals surface area contributed by atoms with Crippen molar-refractivity contribution in [3.63, 3.8) is 0 Å². The van der Waals surface area contributed by atoms with Gasteiger partial charge >= 0.3 is 0 Å². The molecule has 1 heterocycles. The van der Waals surface area contributed by atoms with Crippen molar-refractivity contribution in [3.05, 3.63) is 52.5 Å². The zero-order chi connectivity index (χ0) is 23.5. The van der Waals surface area contributed by atoms with Crippen LogP contribution >= 0.6 is 15.9 Å². The maximum Gasteiger partial charge on any atom is 0.244 e. The molecule has 0 aliphatic carbocycles. The first-order valence-corrected chi connectivity index (χ1v) is 12.4. The Hall–Kier alpha value is -2.79. The van der Waals surface area contributed by atoms with Crippen molar-refractivity contribution in [1.29, 1.82) is 0 Å². The Kier molecular flexibility index (Phi) is 7.29. The van der Waals surface area contributed by atoms with Crippen LogP contribution in [0.3, 0.4) is 0 Å². The molecule has 3 rings (SSSR count). The van der Waals surface area contributed by atoms with Crippen LogP contribution in [0, 0.1) is 0 Å². The number of sulfonamides is 1. The third-order valence-electron chi connectivity index (χ3n) is 5.00. The summed E-state index contributed by atoms with van der Waals surface area (Å²) in [5, 5.41) is 2.54. The first-order chi connectivity index (χ1) is 15.1. The van der Waals surface area contributed by atoms with Crippen molar-refractivity contribution in [2.24, 2.45) is 0 Å². The zero-order valence-electron chi connectivity index (χ0n) is 17.9. The van der Waals surface area contributed by atoms with Gasteiger partial charge < -0.3 is 19.7 Å². The number of nitrogens with one attached hydrogen (secondary N) is 1. The molecular weight excluding hydrogens is 502 g/mol. The van der Waals surface area contributed by atoms with Gasteiger partial charge in [0.15, 0.2) is 11.5 Å². The number of benzene rings is 2. The minimum atomic E-state index is -3.81. The van der Waals surface area contributed by atoms with E-state index in [-0.39, 0.29) is 24.9 Å². The molecule has 0 fully saturated rings. The average molecular weight is 526 g/mol. The second-order valence-electron chi connectivity index (χ2n) is 7.25. The molecule has 0 bridgehead atoms. The highest BCUT2D eigenvalue weighted by Crippen LogP contribution is 2.36. The van der Waals surface area contributed by atoms with Crippen LogP contribution in [0.25, 0.3) is 0 Å². The molecule has 0 saturated heterocycles. The van der Waals surface area contributed by atoms with E-state index >= 15 is 0 Å². The molecule has 2 amide bonds. The molecule has 0 radical (unpaired) electrons. The molecule has 2 aromatic rings. The summed E-state index contributed by atoms with van der Waals surface area (Å²) in [5.41, 5.74) is 1.06. The third kappa shape index (κ3) is 5.52. The van der Waals surface area contributed by atoms with Crippen LogP contribution in [-0.4, -0.2) is 57.8 Å². The van der Waals surface area contributed by atoms with E-state index < -0.39 is 28.5 Å². The Balaban J connectivity index is 1.90.